The van der Waals surface area contributed by atoms with E-state index in [1.165, 1.54) is 25.7 Å². The molecule has 0 unspecified atom stereocenters. The summed E-state index contributed by atoms with van der Waals surface area (Å²) >= 11 is 0. The van der Waals surface area contributed by atoms with E-state index < -0.39 is 0 Å². The van der Waals surface area contributed by atoms with Gasteiger partial charge in [-0.2, -0.15) is 0 Å². The minimum atomic E-state index is 0.0933. The summed E-state index contributed by atoms with van der Waals surface area (Å²) in [5, 5.41) is 0. The molecular weight excluding hydrogens is 238 g/mol. The highest BCUT2D eigenvalue weighted by atomic mass is 16.2. The second-order valence-electron chi connectivity index (χ2n) is 6.29. The van der Waals surface area contributed by atoms with Gasteiger partial charge in [0.1, 0.15) is 0 Å². The highest BCUT2D eigenvalue weighted by molar-refractivity contribution is 5.78. The molecule has 1 amide bonds. The van der Waals surface area contributed by atoms with Crippen LogP contribution in [0, 0.1) is 0 Å². The lowest BCUT2D eigenvalue weighted by Gasteiger charge is -2.41. The van der Waals surface area contributed by atoms with Crippen molar-refractivity contribution in [2.45, 2.75) is 63.5 Å². The van der Waals surface area contributed by atoms with Crippen molar-refractivity contribution >= 4 is 5.91 Å². The molecule has 2 aliphatic rings. The molecule has 0 aliphatic heterocycles. The Morgan fingerprint density at radius 3 is 2.42 bits per heavy atom. The van der Waals surface area contributed by atoms with Crippen molar-refractivity contribution in [3.05, 3.63) is 0 Å². The number of hydrogen-bond acceptors (Lipinski definition) is 3. The summed E-state index contributed by atoms with van der Waals surface area (Å²) in [7, 11) is 1.95. The molecule has 0 bridgehead atoms. The van der Waals surface area contributed by atoms with E-state index in [9.17, 15) is 4.79 Å². The lowest BCUT2D eigenvalue weighted by Crippen LogP contribution is -2.55. The zero-order valence-electron chi connectivity index (χ0n) is 12.5. The van der Waals surface area contributed by atoms with Gasteiger partial charge in [0.15, 0.2) is 0 Å². The van der Waals surface area contributed by atoms with Gasteiger partial charge >= 0.3 is 0 Å². The molecule has 2 rings (SSSR count). The number of rotatable bonds is 7. The molecule has 0 heterocycles. The summed E-state index contributed by atoms with van der Waals surface area (Å²) in [6, 6.07) is 0.508. The standard InChI is InChI=1S/C15H29N3O/c1-3-10-18(15(12-16)8-4-5-9-15)11-14(19)17(2)13-6-7-13/h13H,3-12,16H2,1-2H3. The van der Waals surface area contributed by atoms with E-state index in [1.54, 1.807) is 0 Å². The fraction of sp³-hybridized carbons (Fsp3) is 0.933. The quantitative estimate of drug-likeness (QED) is 0.762. The van der Waals surface area contributed by atoms with Crippen LogP contribution in [-0.2, 0) is 4.79 Å². The van der Waals surface area contributed by atoms with Crippen LogP contribution >= 0.6 is 0 Å². The van der Waals surface area contributed by atoms with Crippen molar-refractivity contribution in [3.63, 3.8) is 0 Å². The van der Waals surface area contributed by atoms with Crippen LogP contribution in [0.2, 0.25) is 0 Å². The van der Waals surface area contributed by atoms with Gasteiger partial charge in [0.05, 0.1) is 6.54 Å². The van der Waals surface area contributed by atoms with Gasteiger partial charge in [-0.25, -0.2) is 0 Å². The zero-order chi connectivity index (χ0) is 13.9. The molecule has 4 heteroatoms. The fourth-order valence-corrected chi connectivity index (χ4v) is 3.38. The smallest absolute Gasteiger partial charge is 0.236 e. The Morgan fingerprint density at radius 2 is 1.95 bits per heavy atom. The van der Waals surface area contributed by atoms with Crippen LogP contribution in [0.1, 0.15) is 51.9 Å². The molecule has 0 aromatic rings. The Hall–Kier alpha value is -0.610. The maximum Gasteiger partial charge on any atom is 0.236 e. The number of carbonyl (C=O) groups excluding carboxylic acids is 1. The number of hydrogen-bond donors (Lipinski definition) is 1. The average Bonchev–Trinajstić information content (AvgIpc) is 3.15. The van der Waals surface area contributed by atoms with E-state index in [0.29, 0.717) is 19.1 Å². The van der Waals surface area contributed by atoms with Gasteiger partial charge in [0, 0.05) is 25.2 Å². The van der Waals surface area contributed by atoms with Crippen molar-refractivity contribution in [1.29, 1.82) is 0 Å². The first-order valence-electron chi connectivity index (χ1n) is 7.84. The molecule has 4 nitrogen and oxygen atoms in total. The minimum absolute atomic E-state index is 0.0933. The van der Waals surface area contributed by atoms with Crippen LogP contribution in [0.5, 0.6) is 0 Å². The maximum absolute atomic E-state index is 12.4. The van der Waals surface area contributed by atoms with Gasteiger partial charge in [-0.15, -0.1) is 0 Å². The van der Waals surface area contributed by atoms with Crippen molar-refractivity contribution in [2.24, 2.45) is 5.73 Å². The van der Waals surface area contributed by atoms with E-state index in [2.05, 4.69) is 11.8 Å². The highest BCUT2D eigenvalue weighted by Crippen LogP contribution is 2.35. The molecule has 2 N–H and O–H groups in total. The predicted octanol–water partition coefficient (Wildman–Crippen LogP) is 1.59. The predicted molar refractivity (Wildman–Crippen MR) is 77.9 cm³/mol. The zero-order valence-corrected chi connectivity index (χ0v) is 12.5. The van der Waals surface area contributed by atoms with Crippen LogP contribution in [-0.4, -0.2) is 54.0 Å². The number of nitrogens with two attached hydrogens (primary N) is 1. The molecule has 0 atom stereocenters. The van der Waals surface area contributed by atoms with Crippen molar-refractivity contribution in [3.8, 4) is 0 Å². The van der Waals surface area contributed by atoms with Crippen molar-refractivity contribution in [2.75, 3.05) is 26.7 Å². The summed E-state index contributed by atoms with van der Waals surface area (Å²) < 4.78 is 0. The van der Waals surface area contributed by atoms with Crippen LogP contribution < -0.4 is 5.73 Å². The SMILES string of the molecule is CCCN(CC(=O)N(C)C1CC1)C1(CN)CCCC1. The average molecular weight is 267 g/mol. The second kappa shape index (κ2) is 6.23. The molecule has 2 aliphatic carbocycles. The molecule has 2 fully saturated rings. The first-order valence-corrected chi connectivity index (χ1v) is 7.84. The molecule has 19 heavy (non-hydrogen) atoms. The highest BCUT2D eigenvalue weighted by Gasteiger charge is 2.40. The fourth-order valence-electron chi connectivity index (χ4n) is 3.38. The number of carbonyl (C=O) groups is 1. The molecule has 0 radical (unpaired) electrons. The lowest BCUT2D eigenvalue weighted by molar-refractivity contribution is -0.133. The maximum atomic E-state index is 12.4. The Morgan fingerprint density at radius 1 is 1.32 bits per heavy atom. The van der Waals surface area contributed by atoms with Crippen molar-refractivity contribution in [1.82, 2.24) is 9.80 Å². The van der Waals surface area contributed by atoms with Crippen LogP contribution in [0.3, 0.4) is 0 Å². The number of amides is 1. The normalized spacial score (nSPS) is 21.9. The van der Waals surface area contributed by atoms with Gasteiger partial charge < -0.3 is 10.6 Å². The Balaban J connectivity index is 2.00. The molecule has 0 saturated heterocycles. The van der Waals surface area contributed by atoms with Gasteiger partial charge in [-0.1, -0.05) is 19.8 Å². The number of nitrogens with zero attached hydrogens (tertiary/aromatic N) is 2. The Bertz CT molecular complexity index is 309. The summed E-state index contributed by atoms with van der Waals surface area (Å²) in [5.41, 5.74) is 6.15. The van der Waals surface area contributed by atoms with E-state index in [-0.39, 0.29) is 11.4 Å². The van der Waals surface area contributed by atoms with Crippen LogP contribution in [0.4, 0.5) is 0 Å². The van der Waals surface area contributed by atoms with E-state index in [4.69, 9.17) is 5.73 Å². The molecular formula is C15H29N3O. The second-order valence-corrected chi connectivity index (χ2v) is 6.29. The summed E-state index contributed by atoms with van der Waals surface area (Å²) in [5.74, 6) is 0.274. The van der Waals surface area contributed by atoms with Crippen LogP contribution in [0.15, 0.2) is 0 Å². The van der Waals surface area contributed by atoms with Gasteiger partial charge in [-0.05, 0) is 38.6 Å². The third-order valence-corrected chi connectivity index (χ3v) is 4.89. The topological polar surface area (TPSA) is 49.6 Å². The van der Waals surface area contributed by atoms with Gasteiger partial charge in [-0.3, -0.25) is 9.69 Å². The Labute approximate surface area is 117 Å². The summed E-state index contributed by atoms with van der Waals surface area (Å²) in [4.78, 5) is 16.7. The molecule has 2 saturated carbocycles. The molecule has 0 aromatic carbocycles. The van der Waals surface area contributed by atoms with Crippen LogP contribution in [0.25, 0.3) is 0 Å². The third-order valence-electron chi connectivity index (χ3n) is 4.89. The molecule has 0 spiro atoms. The summed E-state index contributed by atoms with van der Waals surface area (Å²) in [6.07, 6.45) is 8.26. The van der Waals surface area contributed by atoms with Gasteiger partial charge in [0.25, 0.3) is 0 Å². The molecule has 0 aromatic heterocycles. The molecule has 110 valence electrons. The third kappa shape index (κ3) is 3.29. The summed E-state index contributed by atoms with van der Waals surface area (Å²) in [6.45, 7) is 4.41. The van der Waals surface area contributed by atoms with Crippen molar-refractivity contribution < 1.29 is 4.79 Å². The first kappa shape index (κ1) is 14.8. The largest absolute Gasteiger partial charge is 0.342 e. The van der Waals surface area contributed by atoms with Gasteiger partial charge in [0.2, 0.25) is 5.91 Å². The minimum Gasteiger partial charge on any atom is -0.342 e. The Kier molecular flexibility index (Phi) is 4.85. The first-order chi connectivity index (χ1) is 9.13. The van der Waals surface area contributed by atoms with E-state index in [0.717, 1.165) is 25.8 Å². The monoisotopic (exact) mass is 267 g/mol. The number of likely N-dealkylation sites (N-methyl/N-ethyl adjacent to an activating group) is 1. The van der Waals surface area contributed by atoms with E-state index in [1.807, 2.05) is 11.9 Å². The van der Waals surface area contributed by atoms with E-state index >= 15 is 0 Å². The lowest BCUT2D eigenvalue weighted by atomic mass is 9.94.